The molecule has 45 heavy (non-hydrogen) atoms. The van der Waals surface area contributed by atoms with E-state index in [4.69, 9.17) is 14.6 Å². The third kappa shape index (κ3) is 7.37. The number of Topliss-reactive ketones (excluding diaryl/α,β-unsaturated/α-hetero) is 1. The highest BCUT2D eigenvalue weighted by Crippen LogP contribution is 2.38. The molecule has 1 aliphatic heterocycles. The lowest BCUT2D eigenvalue weighted by molar-refractivity contribution is 0.0912. The lowest BCUT2D eigenvalue weighted by atomic mass is 9.76. The summed E-state index contributed by atoms with van der Waals surface area (Å²) in [5, 5.41) is 14.2. The maximum absolute atomic E-state index is 14.3. The van der Waals surface area contributed by atoms with Crippen LogP contribution >= 0.6 is 0 Å². The molecule has 3 N–H and O–H groups in total. The number of urea groups is 1. The molecular formula is C36H43N5O4. The van der Waals surface area contributed by atoms with Crippen molar-refractivity contribution in [3.8, 4) is 17.2 Å². The maximum atomic E-state index is 14.3. The molecule has 1 fully saturated rings. The minimum Gasteiger partial charge on any atom is -0.497 e. The van der Waals surface area contributed by atoms with Crippen molar-refractivity contribution in [2.45, 2.75) is 51.9 Å². The SMILES string of the molecule is COc1ccc(OC)c(C(=O)C(c2cccc(NC(=O)Nc3cc(C(C)(C)C)nn3-c3ccc(C)cc3)c2)C2CCNCC2)c1. The van der Waals surface area contributed by atoms with Gasteiger partial charge in [-0.15, -0.1) is 0 Å². The van der Waals surface area contributed by atoms with Crippen LogP contribution in [0.1, 0.15) is 66.7 Å². The number of piperidine rings is 1. The number of methoxy groups -OCH3 is 2. The number of nitrogens with zero attached hydrogens (tertiary/aromatic N) is 2. The fraction of sp³-hybridized carbons (Fsp3) is 0.361. The zero-order valence-electron chi connectivity index (χ0n) is 26.9. The Morgan fingerprint density at radius 2 is 1.67 bits per heavy atom. The quantitative estimate of drug-likeness (QED) is 0.175. The van der Waals surface area contributed by atoms with Gasteiger partial charge in [-0.25, -0.2) is 9.48 Å². The summed E-state index contributed by atoms with van der Waals surface area (Å²) in [7, 11) is 3.15. The molecule has 4 aromatic rings. The number of rotatable bonds is 9. The molecule has 2 heterocycles. The van der Waals surface area contributed by atoms with Crippen molar-refractivity contribution in [3.05, 3.63) is 95.2 Å². The molecule has 236 valence electrons. The highest BCUT2D eigenvalue weighted by molar-refractivity contribution is 6.04. The van der Waals surface area contributed by atoms with E-state index < -0.39 is 11.9 Å². The molecule has 5 rings (SSSR count). The van der Waals surface area contributed by atoms with Gasteiger partial charge in [0.2, 0.25) is 0 Å². The minimum atomic E-state index is -0.421. The van der Waals surface area contributed by atoms with Gasteiger partial charge in [0.1, 0.15) is 17.3 Å². The number of amides is 2. The van der Waals surface area contributed by atoms with Gasteiger partial charge < -0.3 is 20.1 Å². The van der Waals surface area contributed by atoms with Crippen LogP contribution in [0.2, 0.25) is 0 Å². The summed E-state index contributed by atoms with van der Waals surface area (Å²) >= 11 is 0. The topological polar surface area (TPSA) is 107 Å². The van der Waals surface area contributed by atoms with Crippen LogP contribution in [0, 0.1) is 12.8 Å². The van der Waals surface area contributed by atoms with Crippen molar-refractivity contribution < 1.29 is 19.1 Å². The fourth-order valence-corrected chi connectivity index (χ4v) is 5.80. The van der Waals surface area contributed by atoms with Crippen molar-refractivity contribution in [1.82, 2.24) is 15.1 Å². The first-order chi connectivity index (χ1) is 21.6. The monoisotopic (exact) mass is 609 g/mol. The molecule has 9 heteroatoms. The van der Waals surface area contributed by atoms with Crippen molar-refractivity contribution in [1.29, 1.82) is 0 Å². The van der Waals surface area contributed by atoms with E-state index in [1.807, 2.05) is 61.5 Å². The van der Waals surface area contributed by atoms with Crippen LogP contribution in [0.3, 0.4) is 0 Å². The van der Waals surface area contributed by atoms with Crippen LogP contribution in [0.25, 0.3) is 5.69 Å². The number of hydrogen-bond donors (Lipinski definition) is 3. The second kappa shape index (κ2) is 13.6. The van der Waals surface area contributed by atoms with E-state index >= 15 is 0 Å². The van der Waals surface area contributed by atoms with Gasteiger partial charge in [-0.05, 0) is 86.8 Å². The summed E-state index contributed by atoms with van der Waals surface area (Å²) in [5.41, 5.74) is 4.55. The van der Waals surface area contributed by atoms with E-state index in [1.54, 1.807) is 37.1 Å². The van der Waals surface area contributed by atoms with Gasteiger partial charge in [0, 0.05) is 17.2 Å². The van der Waals surface area contributed by atoms with Gasteiger partial charge in [-0.3, -0.25) is 10.1 Å². The highest BCUT2D eigenvalue weighted by atomic mass is 16.5. The van der Waals surface area contributed by atoms with Crippen LogP contribution in [0.15, 0.2) is 72.8 Å². The molecule has 1 atom stereocenters. The summed E-state index contributed by atoms with van der Waals surface area (Å²) in [6.07, 6.45) is 1.72. The van der Waals surface area contributed by atoms with E-state index in [-0.39, 0.29) is 17.1 Å². The number of benzene rings is 3. The Kier molecular flexibility index (Phi) is 9.58. The van der Waals surface area contributed by atoms with Gasteiger partial charge in [0.25, 0.3) is 0 Å². The molecule has 9 nitrogen and oxygen atoms in total. The number of hydrogen-bond acceptors (Lipinski definition) is 6. The second-order valence-corrected chi connectivity index (χ2v) is 12.6. The van der Waals surface area contributed by atoms with Crippen molar-refractivity contribution in [2.24, 2.45) is 5.92 Å². The third-order valence-electron chi connectivity index (χ3n) is 8.31. The molecular weight excluding hydrogens is 566 g/mol. The largest absolute Gasteiger partial charge is 0.497 e. The highest BCUT2D eigenvalue weighted by Gasteiger charge is 2.33. The summed E-state index contributed by atoms with van der Waals surface area (Å²) in [4.78, 5) is 27.7. The molecule has 3 aromatic carbocycles. The summed E-state index contributed by atoms with van der Waals surface area (Å²) in [5.74, 6) is 1.33. The Balaban J connectivity index is 1.43. The number of aryl methyl sites for hydroxylation is 1. The van der Waals surface area contributed by atoms with Gasteiger partial charge in [0.15, 0.2) is 5.78 Å². The van der Waals surface area contributed by atoms with E-state index in [0.717, 1.165) is 48.4 Å². The first-order valence-electron chi connectivity index (χ1n) is 15.4. The summed E-state index contributed by atoms with van der Waals surface area (Å²) < 4.78 is 12.8. The van der Waals surface area contributed by atoms with Crippen molar-refractivity contribution >= 4 is 23.3 Å². The molecule has 0 spiro atoms. The molecule has 1 saturated heterocycles. The molecule has 0 bridgehead atoms. The Morgan fingerprint density at radius 3 is 2.33 bits per heavy atom. The number of nitrogens with one attached hydrogen (secondary N) is 3. The number of carbonyl (C=O) groups is 2. The molecule has 1 unspecified atom stereocenters. The predicted molar refractivity (Wildman–Crippen MR) is 178 cm³/mol. The Morgan fingerprint density at radius 1 is 0.933 bits per heavy atom. The van der Waals surface area contributed by atoms with E-state index in [0.29, 0.717) is 28.6 Å². The van der Waals surface area contributed by atoms with Crippen LogP contribution in [-0.4, -0.2) is 48.9 Å². The Labute approximate surface area is 265 Å². The first-order valence-corrected chi connectivity index (χ1v) is 15.4. The predicted octanol–water partition coefficient (Wildman–Crippen LogP) is 7.11. The Hall–Kier alpha value is -4.63. The standard InChI is InChI=1S/C36H43N5O4/c1-23-10-12-27(13-11-23)41-32(22-31(40-41)36(2,3)4)39-35(43)38-26-9-7-8-25(20-26)33(24-16-18-37-19-17-24)34(42)29-21-28(44-5)14-15-30(29)45-6/h7-15,20-22,24,33,37H,16-19H2,1-6H3,(H2,38,39,43). The van der Waals surface area contributed by atoms with Crippen LogP contribution in [-0.2, 0) is 5.41 Å². The van der Waals surface area contributed by atoms with Gasteiger partial charge in [-0.1, -0.05) is 50.6 Å². The number of anilines is 2. The van der Waals surface area contributed by atoms with Gasteiger partial charge in [-0.2, -0.15) is 5.10 Å². The van der Waals surface area contributed by atoms with E-state index in [1.165, 1.54) is 0 Å². The number of ether oxygens (including phenoxy) is 2. The molecule has 1 aliphatic rings. The van der Waals surface area contributed by atoms with Gasteiger partial charge in [0.05, 0.1) is 37.1 Å². The lowest BCUT2D eigenvalue weighted by Crippen LogP contribution is -2.34. The fourth-order valence-electron chi connectivity index (χ4n) is 5.80. The van der Waals surface area contributed by atoms with Crippen LogP contribution < -0.4 is 25.4 Å². The van der Waals surface area contributed by atoms with E-state index in [9.17, 15) is 9.59 Å². The molecule has 0 radical (unpaired) electrons. The zero-order valence-corrected chi connectivity index (χ0v) is 26.9. The van der Waals surface area contributed by atoms with Crippen molar-refractivity contribution in [3.63, 3.8) is 0 Å². The van der Waals surface area contributed by atoms with Crippen LogP contribution in [0.5, 0.6) is 11.5 Å². The molecule has 2 amide bonds. The lowest BCUT2D eigenvalue weighted by Gasteiger charge is -2.31. The summed E-state index contributed by atoms with van der Waals surface area (Å²) in [6.45, 7) is 9.98. The smallest absolute Gasteiger partial charge is 0.324 e. The number of carbonyl (C=O) groups excluding carboxylic acids is 2. The molecule has 0 saturated carbocycles. The second-order valence-electron chi connectivity index (χ2n) is 12.6. The normalized spacial score (nSPS) is 14.4. The average Bonchev–Trinajstić information content (AvgIpc) is 3.46. The first kappa shape index (κ1) is 31.8. The zero-order chi connectivity index (χ0) is 32.1. The third-order valence-corrected chi connectivity index (χ3v) is 8.31. The number of ketones is 1. The molecule has 0 aliphatic carbocycles. The van der Waals surface area contributed by atoms with E-state index in [2.05, 4.69) is 36.7 Å². The summed E-state index contributed by atoms with van der Waals surface area (Å²) in [6, 6.07) is 22.4. The van der Waals surface area contributed by atoms with Crippen molar-refractivity contribution in [2.75, 3.05) is 37.9 Å². The maximum Gasteiger partial charge on any atom is 0.324 e. The minimum absolute atomic E-state index is 0.0315. The molecule has 1 aromatic heterocycles. The Bertz CT molecular complexity index is 1650. The van der Waals surface area contributed by atoms with Crippen LogP contribution in [0.4, 0.5) is 16.3 Å². The average molecular weight is 610 g/mol. The van der Waals surface area contributed by atoms with Gasteiger partial charge >= 0.3 is 6.03 Å². The number of aromatic nitrogens is 2.